The Morgan fingerprint density at radius 1 is 1.60 bits per heavy atom. The molecule has 0 amide bonds. The molecule has 0 aliphatic carbocycles. The predicted octanol–water partition coefficient (Wildman–Crippen LogP) is 0.587. The summed E-state index contributed by atoms with van der Waals surface area (Å²) in [4.78, 5) is 26.2. The Bertz CT molecular complexity index is 373. The van der Waals surface area contributed by atoms with Crippen molar-refractivity contribution in [2.75, 3.05) is 6.61 Å². The number of ether oxygens (including phenoxy) is 1. The standard InChI is InChI=1S/C10H14N2O3/c1-2-3-6-15-10(14)7-12-8-11-5-4-9(12)13/h4-5,8H,2-3,6-7H2,1H3. The van der Waals surface area contributed by atoms with Crippen LogP contribution in [0.2, 0.25) is 0 Å². The number of aromatic nitrogens is 2. The first-order valence-electron chi connectivity index (χ1n) is 4.90. The van der Waals surface area contributed by atoms with E-state index in [1.54, 1.807) is 0 Å². The lowest BCUT2D eigenvalue weighted by Crippen LogP contribution is -2.24. The molecule has 0 aromatic carbocycles. The van der Waals surface area contributed by atoms with Gasteiger partial charge in [-0.15, -0.1) is 0 Å². The van der Waals surface area contributed by atoms with Crippen LogP contribution in [-0.2, 0) is 16.1 Å². The third kappa shape index (κ3) is 3.93. The highest BCUT2D eigenvalue weighted by Crippen LogP contribution is 1.90. The number of esters is 1. The Morgan fingerprint density at radius 3 is 3.07 bits per heavy atom. The van der Waals surface area contributed by atoms with Gasteiger partial charge in [0, 0.05) is 12.3 Å². The number of unbranched alkanes of at least 4 members (excludes halogenated alkanes) is 1. The number of hydrogen-bond acceptors (Lipinski definition) is 4. The van der Waals surface area contributed by atoms with Crippen molar-refractivity contribution in [1.82, 2.24) is 9.55 Å². The minimum absolute atomic E-state index is 0.0730. The minimum Gasteiger partial charge on any atom is -0.464 e. The molecule has 0 N–H and O–H groups in total. The predicted molar refractivity (Wildman–Crippen MR) is 54.4 cm³/mol. The van der Waals surface area contributed by atoms with E-state index < -0.39 is 5.97 Å². The molecule has 0 saturated carbocycles. The summed E-state index contributed by atoms with van der Waals surface area (Å²) in [6.07, 6.45) is 4.53. The van der Waals surface area contributed by atoms with E-state index in [1.807, 2.05) is 6.92 Å². The van der Waals surface area contributed by atoms with Crippen LogP contribution in [0.25, 0.3) is 0 Å². The third-order valence-corrected chi connectivity index (χ3v) is 1.85. The normalized spacial score (nSPS) is 9.93. The average molecular weight is 210 g/mol. The van der Waals surface area contributed by atoms with Crippen molar-refractivity contribution in [3.8, 4) is 0 Å². The summed E-state index contributed by atoms with van der Waals surface area (Å²) >= 11 is 0. The molecule has 0 spiro atoms. The Balaban J connectivity index is 2.45. The summed E-state index contributed by atoms with van der Waals surface area (Å²) < 4.78 is 6.13. The highest BCUT2D eigenvalue weighted by Gasteiger charge is 2.04. The highest BCUT2D eigenvalue weighted by atomic mass is 16.5. The maximum absolute atomic E-state index is 11.2. The molecule has 1 aromatic heterocycles. The molecule has 0 bridgehead atoms. The first-order chi connectivity index (χ1) is 7.24. The third-order valence-electron chi connectivity index (χ3n) is 1.85. The van der Waals surface area contributed by atoms with E-state index >= 15 is 0 Å². The zero-order chi connectivity index (χ0) is 11.1. The molecular weight excluding hydrogens is 196 g/mol. The van der Waals surface area contributed by atoms with E-state index in [-0.39, 0.29) is 12.1 Å². The minimum atomic E-state index is -0.404. The van der Waals surface area contributed by atoms with Crippen LogP contribution in [0, 0.1) is 0 Å². The van der Waals surface area contributed by atoms with Gasteiger partial charge in [-0.25, -0.2) is 4.98 Å². The lowest BCUT2D eigenvalue weighted by molar-refractivity contribution is -0.144. The molecule has 82 valence electrons. The van der Waals surface area contributed by atoms with Gasteiger partial charge in [0.2, 0.25) is 0 Å². The first-order valence-corrected chi connectivity index (χ1v) is 4.90. The average Bonchev–Trinajstić information content (AvgIpc) is 2.22. The second-order valence-corrected chi connectivity index (χ2v) is 3.12. The van der Waals surface area contributed by atoms with Gasteiger partial charge < -0.3 is 4.74 Å². The molecule has 0 atom stereocenters. The molecule has 1 rings (SSSR count). The fraction of sp³-hybridized carbons (Fsp3) is 0.500. The molecule has 0 saturated heterocycles. The lowest BCUT2D eigenvalue weighted by atomic mass is 10.4. The number of rotatable bonds is 5. The molecule has 1 heterocycles. The van der Waals surface area contributed by atoms with Gasteiger partial charge in [0.15, 0.2) is 0 Å². The van der Waals surface area contributed by atoms with Gasteiger partial charge in [0.05, 0.1) is 12.9 Å². The van der Waals surface area contributed by atoms with Gasteiger partial charge >= 0.3 is 5.97 Å². The van der Waals surface area contributed by atoms with Crippen LogP contribution in [0.5, 0.6) is 0 Å². The van der Waals surface area contributed by atoms with Crippen LogP contribution in [0.3, 0.4) is 0 Å². The van der Waals surface area contributed by atoms with E-state index in [4.69, 9.17) is 4.74 Å². The van der Waals surface area contributed by atoms with Gasteiger partial charge in [-0.1, -0.05) is 13.3 Å². The van der Waals surface area contributed by atoms with Crippen LogP contribution in [0.4, 0.5) is 0 Å². The summed E-state index contributed by atoms with van der Waals surface area (Å²) in [6.45, 7) is 2.35. The summed E-state index contributed by atoms with van der Waals surface area (Å²) in [5.41, 5.74) is -0.252. The van der Waals surface area contributed by atoms with E-state index in [0.717, 1.165) is 12.8 Å². The number of carbonyl (C=O) groups excluding carboxylic acids is 1. The molecule has 0 aliphatic heterocycles. The monoisotopic (exact) mass is 210 g/mol. The lowest BCUT2D eigenvalue weighted by Gasteiger charge is -2.04. The maximum atomic E-state index is 11.2. The summed E-state index contributed by atoms with van der Waals surface area (Å²) in [6, 6.07) is 1.30. The van der Waals surface area contributed by atoms with Crippen LogP contribution in [0.15, 0.2) is 23.4 Å². The highest BCUT2D eigenvalue weighted by molar-refractivity contribution is 5.69. The van der Waals surface area contributed by atoms with E-state index in [0.29, 0.717) is 6.61 Å². The van der Waals surface area contributed by atoms with Gasteiger partial charge in [0.1, 0.15) is 6.54 Å². The molecule has 15 heavy (non-hydrogen) atoms. The maximum Gasteiger partial charge on any atom is 0.326 e. The summed E-state index contributed by atoms with van der Waals surface area (Å²) in [5.74, 6) is -0.404. The molecule has 5 nitrogen and oxygen atoms in total. The molecule has 5 heteroatoms. The number of nitrogens with zero attached hydrogens (tertiary/aromatic N) is 2. The van der Waals surface area contributed by atoms with Crippen LogP contribution < -0.4 is 5.56 Å². The molecule has 1 aromatic rings. The van der Waals surface area contributed by atoms with Crippen molar-refractivity contribution in [2.45, 2.75) is 26.3 Å². The van der Waals surface area contributed by atoms with E-state index in [2.05, 4.69) is 4.98 Å². The van der Waals surface area contributed by atoms with Crippen LogP contribution in [-0.4, -0.2) is 22.1 Å². The fourth-order valence-electron chi connectivity index (χ4n) is 1.01. The second-order valence-electron chi connectivity index (χ2n) is 3.12. The largest absolute Gasteiger partial charge is 0.464 e. The van der Waals surface area contributed by atoms with Crippen molar-refractivity contribution >= 4 is 5.97 Å². The second kappa shape index (κ2) is 5.95. The Kier molecular flexibility index (Phi) is 4.53. The first kappa shape index (κ1) is 11.4. The summed E-state index contributed by atoms with van der Waals surface area (Å²) in [7, 11) is 0. The molecule has 0 unspecified atom stereocenters. The molecule has 0 aliphatic rings. The fourth-order valence-corrected chi connectivity index (χ4v) is 1.01. The number of hydrogen-bond donors (Lipinski definition) is 0. The van der Waals surface area contributed by atoms with Crippen LogP contribution in [0.1, 0.15) is 19.8 Å². The smallest absolute Gasteiger partial charge is 0.326 e. The van der Waals surface area contributed by atoms with Crippen molar-refractivity contribution < 1.29 is 9.53 Å². The Labute approximate surface area is 87.7 Å². The quantitative estimate of drug-likeness (QED) is 0.527. The van der Waals surface area contributed by atoms with Gasteiger partial charge in [-0.2, -0.15) is 0 Å². The van der Waals surface area contributed by atoms with Crippen molar-refractivity contribution in [3.05, 3.63) is 28.9 Å². The topological polar surface area (TPSA) is 61.2 Å². The molecule has 0 radical (unpaired) electrons. The number of carbonyl (C=O) groups is 1. The zero-order valence-corrected chi connectivity index (χ0v) is 8.68. The summed E-state index contributed by atoms with van der Waals surface area (Å²) in [5, 5.41) is 0. The zero-order valence-electron chi connectivity index (χ0n) is 8.68. The van der Waals surface area contributed by atoms with Gasteiger partial charge in [-0.3, -0.25) is 14.2 Å². The van der Waals surface area contributed by atoms with Crippen LogP contribution >= 0.6 is 0 Å². The van der Waals surface area contributed by atoms with Crippen molar-refractivity contribution in [1.29, 1.82) is 0 Å². The Hall–Kier alpha value is -1.65. The SMILES string of the molecule is CCCCOC(=O)Cn1cnccc1=O. The molecular formula is C10H14N2O3. The van der Waals surface area contributed by atoms with E-state index in [9.17, 15) is 9.59 Å². The van der Waals surface area contributed by atoms with Gasteiger partial charge in [-0.05, 0) is 6.42 Å². The Morgan fingerprint density at radius 2 is 2.40 bits per heavy atom. The molecule has 0 fully saturated rings. The van der Waals surface area contributed by atoms with Crippen molar-refractivity contribution in [3.63, 3.8) is 0 Å². The van der Waals surface area contributed by atoms with E-state index in [1.165, 1.54) is 23.2 Å². The van der Waals surface area contributed by atoms with Crippen molar-refractivity contribution in [2.24, 2.45) is 0 Å². The van der Waals surface area contributed by atoms with Gasteiger partial charge in [0.25, 0.3) is 5.56 Å².